The van der Waals surface area contributed by atoms with Gasteiger partial charge in [0, 0.05) is 0 Å². The van der Waals surface area contributed by atoms with Gasteiger partial charge in [0.25, 0.3) is 0 Å². The predicted molar refractivity (Wildman–Crippen MR) is 145 cm³/mol. The summed E-state index contributed by atoms with van der Waals surface area (Å²) in [6.45, 7) is 6.53. The fourth-order valence-corrected chi connectivity index (χ4v) is 4.70. The molecule has 0 aliphatic heterocycles. The number of ether oxygens (including phenoxy) is 1. The molecule has 0 heterocycles. The minimum absolute atomic E-state index is 0.396. The molecule has 7 nitrogen and oxygen atoms in total. The lowest BCUT2D eigenvalue weighted by Gasteiger charge is -2.22. The molecule has 7 heteroatoms. The number of aliphatic carboxylic acids is 2. The molecule has 0 radical (unpaired) electrons. The Kier molecular flexibility index (Phi) is 15.8. The van der Waals surface area contributed by atoms with Crippen LogP contribution in [0.2, 0.25) is 0 Å². The number of carboxylic acid groups (broad SMARTS) is 2. The zero-order valence-electron chi connectivity index (χ0n) is 23.2. The molecule has 0 aliphatic carbocycles. The first-order chi connectivity index (χ1) is 17.7. The van der Waals surface area contributed by atoms with Crippen molar-refractivity contribution < 1.29 is 34.4 Å². The Bertz CT molecular complexity index is 849. The highest BCUT2D eigenvalue weighted by Crippen LogP contribution is 2.32. The number of carbonyl (C=O) groups excluding carboxylic acids is 1. The third-order valence-electron chi connectivity index (χ3n) is 6.85. The van der Waals surface area contributed by atoms with Crippen LogP contribution in [-0.2, 0) is 33.6 Å². The van der Waals surface area contributed by atoms with Gasteiger partial charge in [-0.15, -0.1) is 0 Å². The summed E-state index contributed by atoms with van der Waals surface area (Å²) in [7, 11) is 0. The van der Waals surface area contributed by atoms with Gasteiger partial charge in [-0.1, -0.05) is 84.6 Å². The third kappa shape index (κ3) is 12.1. The van der Waals surface area contributed by atoms with Crippen LogP contribution in [0.3, 0.4) is 0 Å². The Morgan fingerprint density at radius 3 is 1.70 bits per heavy atom. The van der Waals surface area contributed by atoms with E-state index in [1.165, 1.54) is 36.8 Å². The van der Waals surface area contributed by atoms with E-state index in [1.54, 1.807) is 6.07 Å². The highest BCUT2D eigenvalue weighted by atomic mass is 16.5. The van der Waals surface area contributed by atoms with Crippen molar-refractivity contribution in [1.29, 1.82) is 0 Å². The molecule has 0 saturated heterocycles. The monoisotopic (exact) mass is 520 g/mol. The smallest absolute Gasteiger partial charge is 0.336 e. The summed E-state index contributed by atoms with van der Waals surface area (Å²) in [4.78, 5) is 35.3. The number of aliphatic hydroxyl groups is 1. The van der Waals surface area contributed by atoms with E-state index in [0.717, 1.165) is 76.2 Å². The second-order valence-corrected chi connectivity index (χ2v) is 10.2. The van der Waals surface area contributed by atoms with E-state index < -0.39 is 36.4 Å². The van der Waals surface area contributed by atoms with Crippen LogP contribution < -0.4 is 4.74 Å². The first-order valence-corrected chi connectivity index (χ1v) is 14.2. The van der Waals surface area contributed by atoms with Crippen LogP contribution in [0.4, 0.5) is 0 Å². The largest absolute Gasteiger partial charge is 0.481 e. The molecular formula is C30H48O7. The maximum absolute atomic E-state index is 12.7. The molecule has 0 spiro atoms. The van der Waals surface area contributed by atoms with Crippen LogP contribution in [0, 0.1) is 0 Å². The number of unbranched alkanes of at least 4 members (excludes halogenated alkanes) is 9. The van der Waals surface area contributed by atoms with Gasteiger partial charge in [0.2, 0.25) is 0 Å². The Morgan fingerprint density at radius 1 is 0.703 bits per heavy atom. The molecule has 0 amide bonds. The van der Waals surface area contributed by atoms with E-state index in [9.17, 15) is 24.6 Å². The fraction of sp³-hybridized carbons (Fsp3) is 0.700. The molecule has 0 bridgehead atoms. The van der Waals surface area contributed by atoms with E-state index in [0.29, 0.717) is 5.75 Å². The number of carbonyl (C=O) groups is 3. The summed E-state index contributed by atoms with van der Waals surface area (Å²) in [5.74, 6) is -3.82. The summed E-state index contributed by atoms with van der Waals surface area (Å²) in [5, 5.41) is 28.6. The summed E-state index contributed by atoms with van der Waals surface area (Å²) in [6.07, 6.45) is 14.0. The minimum Gasteiger partial charge on any atom is -0.481 e. The van der Waals surface area contributed by atoms with Crippen molar-refractivity contribution in [2.45, 2.75) is 136 Å². The average molecular weight is 521 g/mol. The molecule has 1 unspecified atom stereocenters. The zero-order valence-corrected chi connectivity index (χ0v) is 23.2. The molecule has 0 aromatic heterocycles. The molecule has 1 aromatic rings. The second kappa shape index (κ2) is 17.9. The number of benzene rings is 1. The minimum atomic E-state index is -2.72. The number of esters is 1. The first-order valence-electron chi connectivity index (χ1n) is 14.2. The van der Waals surface area contributed by atoms with Gasteiger partial charge in [-0.25, -0.2) is 4.79 Å². The van der Waals surface area contributed by atoms with E-state index in [1.807, 2.05) is 6.07 Å². The summed E-state index contributed by atoms with van der Waals surface area (Å²) >= 11 is 0. The van der Waals surface area contributed by atoms with Gasteiger partial charge in [0.15, 0.2) is 5.60 Å². The highest BCUT2D eigenvalue weighted by molar-refractivity contribution is 5.89. The number of hydrogen-bond donors (Lipinski definition) is 3. The SMILES string of the molecule is CCCCCCc1ccc(OC(=O)CC(O)(CC(=O)O)C(=O)O)c(CCCCCC)c1CCCCCC. The number of rotatable bonds is 21. The predicted octanol–water partition coefficient (Wildman–Crippen LogP) is 6.64. The number of carboxylic acids is 2. The van der Waals surface area contributed by atoms with Crippen molar-refractivity contribution in [2.75, 3.05) is 0 Å². The van der Waals surface area contributed by atoms with Gasteiger partial charge in [-0.2, -0.15) is 0 Å². The van der Waals surface area contributed by atoms with E-state index in [4.69, 9.17) is 9.84 Å². The maximum atomic E-state index is 12.7. The van der Waals surface area contributed by atoms with Gasteiger partial charge in [0.1, 0.15) is 5.75 Å². The molecule has 0 fully saturated rings. The quantitative estimate of drug-likeness (QED) is 0.0943. The molecule has 37 heavy (non-hydrogen) atoms. The standard InChI is InChI=1S/C30H48O7/c1-4-7-10-13-16-23-19-20-26(37-28(33)22-30(36,29(34)35)21-27(31)32)25(18-15-12-9-6-3)24(23)17-14-11-8-5-2/h19-20,36H,4-18,21-22H2,1-3H3,(H,31,32)(H,34,35). The second-order valence-electron chi connectivity index (χ2n) is 10.2. The summed E-state index contributed by atoms with van der Waals surface area (Å²) < 4.78 is 5.64. The molecule has 1 atom stereocenters. The Balaban J connectivity index is 3.28. The van der Waals surface area contributed by atoms with Crippen LogP contribution in [0.1, 0.15) is 127 Å². The van der Waals surface area contributed by atoms with Crippen LogP contribution in [-0.4, -0.2) is 38.8 Å². The Morgan fingerprint density at radius 2 is 1.22 bits per heavy atom. The van der Waals surface area contributed by atoms with E-state index in [-0.39, 0.29) is 0 Å². The summed E-state index contributed by atoms with van der Waals surface area (Å²) in [5.41, 5.74) is 0.789. The Labute approximate surface area is 222 Å². The van der Waals surface area contributed by atoms with E-state index in [2.05, 4.69) is 20.8 Å². The van der Waals surface area contributed by atoms with Crippen molar-refractivity contribution in [3.8, 4) is 5.75 Å². The van der Waals surface area contributed by atoms with Crippen LogP contribution >= 0.6 is 0 Å². The fourth-order valence-electron chi connectivity index (χ4n) is 4.70. The normalized spacial score (nSPS) is 12.8. The lowest BCUT2D eigenvalue weighted by atomic mass is 9.89. The zero-order chi connectivity index (χ0) is 27.7. The van der Waals surface area contributed by atoms with Crippen LogP contribution in [0.15, 0.2) is 12.1 Å². The lowest BCUT2D eigenvalue weighted by Crippen LogP contribution is -2.43. The molecule has 0 saturated carbocycles. The molecule has 0 aliphatic rings. The third-order valence-corrected chi connectivity index (χ3v) is 6.85. The first kappa shape index (κ1) is 32.6. The van der Waals surface area contributed by atoms with Gasteiger partial charge in [-0.05, 0) is 61.3 Å². The molecule has 1 aromatic carbocycles. The van der Waals surface area contributed by atoms with Gasteiger partial charge in [-0.3, -0.25) is 9.59 Å². The van der Waals surface area contributed by atoms with Gasteiger partial charge >= 0.3 is 17.9 Å². The van der Waals surface area contributed by atoms with Crippen LogP contribution in [0.5, 0.6) is 5.75 Å². The summed E-state index contributed by atoms with van der Waals surface area (Å²) in [6, 6.07) is 3.80. The van der Waals surface area contributed by atoms with Crippen molar-refractivity contribution in [1.82, 2.24) is 0 Å². The maximum Gasteiger partial charge on any atom is 0.336 e. The highest BCUT2D eigenvalue weighted by Gasteiger charge is 2.41. The average Bonchev–Trinajstić information content (AvgIpc) is 2.83. The number of aryl methyl sites for hydroxylation is 1. The van der Waals surface area contributed by atoms with Crippen molar-refractivity contribution in [3.05, 3.63) is 28.8 Å². The molecule has 210 valence electrons. The van der Waals surface area contributed by atoms with Crippen LogP contribution in [0.25, 0.3) is 0 Å². The van der Waals surface area contributed by atoms with Gasteiger partial charge in [0.05, 0.1) is 12.8 Å². The lowest BCUT2D eigenvalue weighted by molar-refractivity contribution is -0.169. The van der Waals surface area contributed by atoms with Gasteiger partial charge < -0.3 is 20.1 Å². The molecule has 1 rings (SSSR count). The molecule has 3 N–H and O–H groups in total. The van der Waals surface area contributed by atoms with Crippen molar-refractivity contribution >= 4 is 17.9 Å². The molecular weight excluding hydrogens is 472 g/mol. The van der Waals surface area contributed by atoms with Crippen molar-refractivity contribution in [3.63, 3.8) is 0 Å². The van der Waals surface area contributed by atoms with E-state index >= 15 is 0 Å². The topological polar surface area (TPSA) is 121 Å². The Hall–Kier alpha value is -2.41. The van der Waals surface area contributed by atoms with Crippen molar-refractivity contribution in [2.24, 2.45) is 0 Å². The number of hydrogen-bond acceptors (Lipinski definition) is 5.